The van der Waals surface area contributed by atoms with Crippen molar-refractivity contribution in [3.63, 3.8) is 0 Å². The first kappa shape index (κ1) is 15.7. The van der Waals surface area contributed by atoms with Crippen LogP contribution in [0, 0.1) is 0 Å². The quantitative estimate of drug-likeness (QED) is 0.617. The van der Waals surface area contributed by atoms with Crippen molar-refractivity contribution >= 4 is 17.5 Å². The second-order valence-corrected chi connectivity index (χ2v) is 4.16. The molecule has 0 heterocycles. The number of para-hydroxylation sites is 1. The van der Waals surface area contributed by atoms with Gasteiger partial charge in [-0.05, 0) is 25.0 Å². The normalized spacial score (nSPS) is 10.9. The highest BCUT2D eigenvalue weighted by Crippen LogP contribution is 2.14. The summed E-state index contributed by atoms with van der Waals surface area (Å²) in [6, 6.07) is 7.62. The smallest absolute Gasteiger partial charge is 0.244 e. The minimum Gasteiger partial charge on any atom is -0.343 e. The lowest BCUT2D eigenvalue weighted by Crippen LogP contribution is -2.31. The molecule has 1 rings (SSSR count). The van der Waals surface area contributed by atoms with Crippen molar-refractivity contribution in [2.45, 2.75) is 20.3 Å². The van der Waals surface area contributed by atoms with E-state index in [4.69, 9.17) is 0 Å². The van der Waals surface area contributed by atoms with Crippen molar-refractivity contribution < 1.29 is 9.59 Å². The number of rotatable bonds is 6. The third-order valence-electron chi connectivity index (χ3n) is 2.65. The summed E-state index contributed by atoms with van der Waals surface area (Å²) in [4.78, 5) is 23.1. The van der Waals surface area contributed by atoms with Crippen LogP contribution in [0.1, 0.15) is 19.4 Å². The second-order valence-electron chi connectivity index (χ2n) is 4.16. The minimum absolute atomic E-state index is 0.0446. The van der Waals surface area contributed by atoms with Gasteiger partial charge in [-0.15, -0.1) is 0 Å². The average Bonchev–Trinajstić information content (AvgIpc) is 2.46. The minimum atomic E-state index is -0.290. The Hall–Kier alpha value is -2.36. The van der Waals surface area contributed by atoms with E-state index in [1.54, 1.807) is 12.2 Å². The summed E-state index contributed by atoms with van der Waals surface area (Å²) >= 11 is 0. The molecule has 20 heavy (non-hydrogen) atoms. The molecule has 0 unspecified atom stereocenters. The fourth-order valence-electron chi connectivity index (χ4n) is 1.63. The largest absolute Gasteiger partial charge is 0.343 e. The van der Waals surface area contributed by atoms with Crippen molar-refractivity contribution in [1.29, 1.82) is 0 Å². The Morgan fingerprint density at radius 3 is 2.65 bits per heavy atom. The van der Waals surface area contributed by atoms with Crippen molar-refractivity contribution in [3.8, 4) is 0 Å². The molecule has 0 atom stereocenters. The molecule has 0 spiro atoms. The zero-order valence-corrected chi connectivity index (χ0v) is 11.8. The molecule has 0 bridgehead atoms. The Morgan fingerprint density at radius 2 is 1.95 bits per heavy atom. The highest BCUT2D eigenvalue weighted by molar-refractivity contribution is 5.97. The fourth-order valence-corrected chi connectivity index (χ4v) is 1.63. The van der Waals surface area contributed by atoms with Crippen LogP contribution in [0.25, 0.3) is 0 Å². The maximum Gasteiger partial charge on any atom is 0.244 e. The predicted octanol–water partition coefficient (Wildman–Crippen LogP) is 2.44. The first-order valence-corrected chi connectivity index (χ1v) is 6.62. The Bertz CT molecular complexity index is 519. The van der Waals surface area contributed by atoms with Crippen molar-refractivity contribution in [2.75, 3.05) is 11.9 Å². The zero-order valence-electron chi connectivity index (χ0n) is 11.8. The number of hydrogen-bond donors (Lipinski definition) is 2. The number of benzene rings is 1. The average molecular weight is 272 g/mol. The van der Waals surface area contributed by atoms with Gasteiger partial charge in [0.2, 0.25) is 11.8 Å². The van der Waals surface area contributed by atoms with Crippen LogP contribution in [-0.2, 0) is 16.0 Å². The number of allylic oxidation sites excluding steroid dienone is 3. The van der Waals surface area contributed by atoms with Gasteiger partial charge in [0.05, 0.1) is 6.54 Å². The van der Waals surface area contributed by atoms with E-state index in [0.29, 0.717) is 0 Å². The maximum absolute atomic E-state index is 11.8. The summed E-state index contributed by atoms with van der Waals surface area (Å²) in [7, 11) is 0. The van der Waals surface area contributed by atoms with Gasteiger partial charge in [-0.2, -0.15) is 0 Å². The topological polar surface area (TPSA) is 58.2 Å². The summed E-state index contributed by atoms with van der Waals surface area (Å²) in [6.45, 7) is 3.84. The van der Waals surface area contributed by atoms with Crippen LogP contribution in [0.4, 0.5) is 5.69 Å². The fraction of sp³-hybridized carbons (Fsp3) is 0.250. The Morgan fingerprint density at radius 1 is 1.20 bits per heavy atom. The molecule has 0 radical (unpaired) electrons. The van der Waals surface area contributed by atoms with Gasteiger partial charge >= 0.3 is 0 Å². The molecule has 0 saturated heterocycles. The van der Waals surface area contributed by atoms with E-state index >= 15 is 0 Å². The van der Waals surface area contributed by atoms with E-state index in [1.807, 2.05) is 44.2 Å². The molecular weight excluding hydrogens is 252 g/mol. The van der Waals surface area contributed by atoms with Crippen LogP contribution in [0.3, 0.4) is 0 Å². The molecule has 0 aliphatic rings. The third-order valence-corrected chi connectivity index (χ3v) is 2.65. The third kappa shape index (κ3) is 5.52. The summed E-state index contributed by atoms with van der Waals surface area (Å²) in [5.41, 5.74) is 1.86. The van der Waals surface area contributed by atoms with Crippen LogP contribution >= 0.6 is 0 Å². The first-order valence-electron chi connectivity index (χ1n) is 6.62. The van der Waals surface area contributed by atoms with Gasteiger partial charge in [0.1, 0.15) is 0 Å². The number of hydrogen-bond acceptors (Lipinski definition) is 2. The monoisotopic (exact) mass is 272 g/mol. The molecule has 0 aromatic heterocycles. The molecule has 106 valence electrons. The van der Waals surface area contributed by atoms with Gasteiger partial charge in [0.15, 0.2) is 0 Å². The van der Waals surface area contributed by atoms with Gasteiger partial charge in [-0.3, -0.25) is 9.59 Å². The molecule has 0 aliphatic heterocycles. The lowest BCUT2D eigenvalue weighted by Gasteiger charge is -2.09. The molecule has 0 aliphatic carbocycles. The highest BCUT2D eigenvalue weighted by atomic mass is 16.2. The first-order chi connectivity index (χ1) is 9.67. The molecule has 2 amide bonds. The standard InChI is InChI=1S/C16H20N2O2/c1-3-5-6-11-15(19)17-12-16(20)18-14-10-8-7-9-13(14)4-2/h3,5-11H,4,12H2,1-2H3,(H,17,19)(H,18,20)/b5-3+,11-6+. The molecule has 4 nitrogen and oxygen atoms in total. The Kier molecular flexibility index (Phi) is 6.82. The molecule has 2 N–H and O–H groups in total. The van der Waals surface area contributed by atoms with Gasteiger partial charge in [0, 0.05) is 11.8 Å². The van der Waals surface area contributed by atoms with Gasteiger partial charge in [-0.25, -0.2) is 0 Å². The SMILES string of the molecule is C/C=C/C=C/C(=O)NCC(=O)Nc1ccccc1CC. The Labute approximate surface area is 119 Å². The van der Waals surface area contributed by atoms with Crippen molar-refractivity contribution in [1.82, 2.24) is 5.32 Å². The molecule has 4 heteroatoms. The van der Waals surface area contributed by atoms with Crippen LogP contribution < -0.4 is 10.6 Å². The van der Waals surface area contributed by atoms with Gasteiger partial charge in [-0.1, -0.05) is 43.4 Å². The zero-order chi connectivity index (χ0) is 14.8. The summed E-state index contributed by atoms with van der Waals surface area (Å²) in [6.07, 6.45) is 7.41. The number of aryl methyl sites for hydroxylation is 1. The van der Waals surface area contributed by atoms with Crippen LogP contribution in [0.5, 0.6) is 0 Å². The molecule has 1 aromatic carbocycles. The number of amides is 2. The number of carbonyl (C=O) groups is 2. The molecule has 0 fully saturated rings. The van der Waals surface area contributed by atoms with E-state index < -0.39 is 0 Å². The Balaban J connectivity index is 2.46. The van der Waals surface area contributed by atoms with E-state index in [9.17, 15) is 9.59 Å². The number of nitrogens with one attached hydrogen (secondary N) is 2. The molecule has 1 aromatic rings. The highest BCUT2D eigenvalue weighted by Gasteiger charge is 2.06. The van der Waals surface area contributed by atoms with E-state index in [1.165, 1.54) is 6.08 Å². The van der Waals surface area contributed by atoms with Crippen LogP contribution in [-0.4, -0.2) is 18.4 Å². The predicted molar refractivity (Wildman–Crippen MR) is 81.4 cm³/mol. The van der Waals surface area contributed by atoms with Crippen molar-refractivity contribution in [2.24, 2.45) is 0 Å². The lowest BCUT2D eigenvalue weighted by molar-refractivity contribution is -0.121. The lowest BCUT2D eigenvalue weighted by atomic mass is 10.1. The van der Waals surface area contributed by atoms with Gasteiger partial charge < -0.3 is 10.6 Å². The maximum atomic E-state index is 11.8. The summed E-state index contributed by atoms with van der Waals surface area (Å²) in [5.74, 6) is -0.527. The van der Waals surface area contributed by atoms with Crippen molar-refractivity contribution in [3.05, 3.63) is 54.1 Å². The van der Waals surface area contributed by atoms with Crippen LogP contribution in [0.15, 0.2) is 48.6 Å². The van der Waals surface area contributed by atoms with Crippen LogP contribution in [0.2, 0.25) is 0 Å². The molecular formula is C16H20N2O2. The number of carbonyl (C=O) groups excluding carboxylic acids is 2. The molecule has 0 saturated carbocycles. The van der Waals surface area contributed by atoms with E-state index in [2.05, 4.69) is 10.6 Å². The summed E-state index contributed by atoms with van der Waals surface area (Å²) in [5, 5.41) is 5.32. The van der Waals surface area contributed by atoms with Gasteiger partial charge in [0.25, 0.3) is 0 Å². The van der Waals surface area contributed by atoms with E-state index in [0.717, 1.165) is 17.7 Å². The van der Waals surface area contributed by atoms with E-state index in [-0.39, 0.29) is 18.4 Å². The second kappa shape index (κ2) is 8.69. The number of anilines is 1. The summed E-state index contributed by atoms with van der Waals surface area (Å²) < 4.78 is 0.